The van der Waals surface area contributed by atoms with E-state index in [1.807, 2.05) is 46.8 Å². The normalized spacial score (nSPS) is 19.2. The molecule has 0 saturated heterocycles. The van der Waals surface area contributed by atoms with Gasteiger partial charge in [-0.25, -0.2) is 9.78 Å². The van der Waals surface area contributed by atoms with Crippen molar-refractivity contribution in [3.8, 4) is 17.0 Å². The maximum atomic E-state index is 12.2. The van der Waals surface area contributed by atoms with Gasteiger partial charge in [-0.2, -0.15) is 0 Å². The van der Waals surface area contributed by atoms with Crippen LogP contribution in [0.15, 0.2) is 18.2 Å². The molecule has 162 valence electrons. The highest BCUT2D eigenvalue weighted by Gasteiger charge is 2.29. The Hall–Kier alpha value is -2.90. The highest BCUT2D eigenvalue weighted by atomic mass is 16.6. The van der Waals surface area contributed by atoms with E-state index < -0.39 is 11.7 Å². The fourth-order valence-corrected chi connectivity index (χ4v) is 3.66. The van der Waals surface area contributed by atoms with E-state index in [-0.39, 0.29) is 17.8 Å². The number of nitrogens with one attached hydrogen (secondary N) is 2. The van der Waals surface area contributed by atoms with Gasteiger partial charge in [0.05, 0.1) is 11.7 Å². The first-order chi connectivity index (χ1) is 14.1. The number of aromatic hydroxyl groups is 1. The second-order valence-corrected chi connectivity index (χ2v) is 8.88. The van der Waals surface area contributed by atoms with Crippen LogP contribution in [-0.4, -0.2) is 44.1 Å². The number of rotatable bonds is 4. The molecule has 2 aromatic rings. The molecule has 1 amide bonds. The molecule has 1 aliphatic carbocycles. The molecule has 1 heterocycles. The smallest absolute Gasteiger partial charge is 0.407 e. The summed E-state index contributed by atoms with van der Waals surface area (Å²) in [5, 5.41) is 25.0. The van der Waals surface area contributed by atoms with Gasteiger partial charge in [0.15, 0.2) is 0 Å². The van der Waals surface area contributed by atoms with E-state index in [0.717, 1.165) is 31.2 Å². The Morgan fingerprint density at radius 2 is 1.83 bits per heavy atom. The van der Waals surface area contributed by atoms with Crippen LogP contribution >= 0.6 is 0 Å². The average molecular weight is 414 g/mol. The van der Waals surface area contributed by atoms with Gasteiger partial charge in [0.1, 0.15) is 17.0 Å². The van der Waals surface area contributed by atoms with E-state index in [2.05, 4.69) is 25.8 Å². The van der Waals surface area contributed by atoms with Crippen molar-refractivity contribution in [2.45, 2.75) is 78.0 Å². The number of amides is 1. The lowest BCUT2D eigenvalue weighted by atomic mass is 9.90. The van der Waals surface area contributed by atoms with Gasteiger partial charge in [-0.05, 0) is 65.2 Å². The average Bonchev–Trinajstić information content (AvgIpc) is 2.63. The number of aryl methyl sites for hydroxylation is 2. The number of phenols is 1. The SMILES string of the molecule is Cc1ccc(-c2nnc(N[C@@H]3CCCC[C@H]3NC(=O)OC(C)(C)C)nc2C)c(O)c1. The number of anilines is 1. The summed E-state index contributed by atoms with van der Waals surface area (Å²) in [6.45, 7) is 9.29. The van der Waals surface area contributed by atoms with E-state index in [4.69, 9.17) is 4.74 Å². The first kappa shape index (κ1) is 21.8. The van der Waals surface area contributed by atoms with Gasteiger partial charge in [0, 0.05) is 11.6 Å². The number of carbonyl (C=O) groups excluding carboxylic acids is 1. The maximum Gasteiger partial charge on any atom is 0.407 e. The molecule has 2 atom stereocenters. The third-order valence-corrected chi connectivity index (χ3v) is 5.05. The summed E-state index contributed by atoms with van der Waals surface area (Å²) in [6, 6.07) is 5.34. The van der Waals surface area contributed by atoms with Gasteiger partial charge < -0.3 is 20.5 Å². The first-order valence-corrected chi connectivity index (χ1v) is 10.4. The number of benzene rings is 1. The predicted octanol–water partition coefficient (Wildman–Crippen LogP) is 4.11. The quantitative estimate of drug-likeness (QED) is 0.692. The molecule has 0 bridgehead atoms. The van der Waals surface area contributed by atoms with Gasteiger partial charge in [0.2, 0.25) is 5.95 Å². The van der Waals surface area contributed by atoms with Crippen LogP contribution < -0.4 is 10.6 Å². The fourth-order valence-electron chi connectivity index (χ4n) is 3.66. The van der Waals surface area contributed by atoms with Gasteiger partial charge in [-0.15, -0.1) is 10.2 Å². The third kappa shape index (κ3) is 5.58. The van der Waals surface area contributed by atoms with E-state index in [9.17, 15) is 9.90 Å². The molecule has 0 radical (unpaired) electrons. The second kappa shape index (κ2) is 8.85. The van der Waals surface area contributed by atoms with Crippen molar-refractivity contribution in [1.82, 2.24) is 20.5 Å². The number of hydrogen-bond donors (Lipinski definition) is 3. The molecule has 0 unspecified atom stereocenters. The molecule has 8 heteroatoms. The molecule has 30 heavy (non-hydrogen) atoms. The largest absolute Gasteiger partial charge is 0.507 e. The lowest BCUT2D eigenvalue weighted by Gasteiger charge is -2.33. The number of carbonyl (C=O) groups is 1. The summed E-state index contributed by atoms with van der Waals surface area (Å²) >= 11 is 0. The molecule has 1 aromatic carbocycles. The Labute approximate surface area is 177 Å². The van der Waals surface area contributed by atoms with Crippen LogP contribution in [-0.2, 0) is 4.74 Å². The summed E-state index contributed by atoms with van der Waals surface area (Å²) in [5.41, 5.74) is 2.24. The topological polar surface area (TPSA) is 109 Å². The molecule has 0 aliphatic heterocycles. The van der Waals surface area contributed by atoms with Gasteiger partial charge >= 0.3 is 6.09 Å². The highest BCUT2D eigenvalue weighted by molar-refractivity contribution is 5.69. The summed E-state index contributed by atoms with van der Waals surface area (Å²) in [7, 11) is 0. The minimum atomic E-state index is -0.539. The van der Waals surface area contributed by atoms with Crippen LogP contribution in [0.2, 0.25) is 0 Å². The first-order valence-electron chi connectivity index (χ1n) is 10.4. The van der Waals surface area contributed by atoms with Crippen LogP contribution in [0.5, 0.6) is 5.75 Å². The Bertz CT molecular complexity index is 910. The summed E-state index contributed by atoms with van der Waals surface area (Å²) < 4.78 is 5.40. The van der Waals surface area contributed by atoms with E-state index in [1.165, 1.54) is 0 Å². The lowest BCUT2D eigenvalue weighted by Crippen LogP contribution is -2.50. The fraction of sp³-hybridized carbons (Fsp3) is 0.545. The molecular weight excluding hydrogens is 382 g/mol. The Kier molecular flexibility index (Phi) is 6.43. The zero-order chi connectivity index (χ0) is 21.9. The van der Waals surface area contributed by atoms with Crippen molar-refractivity contribution in [1.29, 1.82) is 0 Å². The predicted molar refractivity (Wildman–Crippen MR) is 115 cm³/mol. The Morgan fingerprint density at radius 3 is 2.47 bits per heavy atom. The van der Waals surface area contributed by atoms with Crippen LogP contribution in [0.4, 0.5) is 10.7 Å². The summed E-state index contributed by atoms with van der Waals surface area (Å²) in [4.78, 5) is 16.7. The van der Waals surface area contributed by atoms with Gasteiger partial charge in [-0.1, -0.05) is 18.9 Å². The zero-order valence-electron chi connectivity index (χ0n) is 18.3. The number of alkyl carbamates (subject to hydrolysis) is 1. The second-order valence-electron chi connectivity index (χ2n) is 8.88. The molecule has 3 rings (SSSR count). The lowest BCUT2D eigenvalue weighted by molar-refractivity contribution is 0.0488. The third-order valence-electron chi connectivity index (χ3n) is 5.05. The molecule has 3 N–H and O–H groups in total. The van der Waals surface area contributed by atoms with Crippen molar-refractivity contribution in [3.63, 3.8) is 0 Å². The van der Waals surface area contributed by atoms with Crippen LogP contribution in [0.3, 0.4) is 0 Å². The van der Waals surface area contributed by atoms with Crippen LogP contribution in [0, 0.1) is 13.8 Å². The van der Waals surface area contributed by atoms with Crippen molar-refractivity contribution in [2.75, 3.05) is 5.32 Å². The minimum Gasteiger partial charge on any atom is -0.507 e. The summed E-state index contributed by atoms with van der Waals surface area (Å²) in [6.07, 6.45) is 3.44. The van der Waals surface area contributed by atoms with E-state index in [0.29, 0.717) is 22.9 Å². The van der Waals surface area contributed by atoms with E-state index in [1.54, 1.807) is 6.07 Å². The Morgan fingerprint density at radius 1 is 1.13 bits per heavy atom. The number of hydrogen-bond acceptors (Lipinski definition) is 7. The molecule has 1 aromatic heterocycles. The van der Waals surface area contributed by atoms with Crippen LogP contribution in [0.1, 0.15) is 57.7 Å². The number of ether oxygens (including phenoxy) is 1. The van der Waals surface area contributed by atoms with Crippen molar-refractivity contribution in [3.05, 3.63) is 29.5 Å². The van der Waals surface area contributed by atoms with E-state index >= 15 is 0 Å². The highest BCUT2D eigenvalue weighted by Crippen LogP contribution is 2.30. The standard InChI is InChI=1S/C22H31N5O3/c1-13-10-11-15(18(28)12-13)19-14(2)23-20(27-26-19)24-16-8-6-7-9-17(16)25-21(29)30-22(3,4)5/h10-12,16-17,28H,6-9H2,1-5H3,(H,25,29)(H,23,24,27)/t16-,17-/m1/s1. The molecule has 8 nitrogen and oxygen atoms in total. The number of nitrogens with zero attached hydrogens (tertiary/aromatic N) is 3. The summed E-state index contributed by atoms with van der Waals surface area (Å²) in [5.74, 6) is 0.564. The molecule has 1 fully saturated rings. The van der Waals surface area contributed by atoms with Gasteiger partial charge in [0.25, 0.3) is 0 Å². The van der Waals surface area contributed by atoms with Crippen molar-refractivity contribution >= 4 is 12.0 Å². The van der Waals surface area contributed by atoms with Crippen molar-refractivity contribution in [2.24, 2.45) is 0 Å². The van der Waals surface area contributed by atoms with Gasteiger partial charge in [-0.3, -0.25) is 0 Å². The number of phenolic OH excluding ortho intramolecular Hbond substituents is 1. The molecular formula is C22H31N5O3. The van der Waals surface area contributed by atoms with Crippen LogP contribution in [0.25, 0.3) is 11.3 Å². The molecule has 1 saturated carbocycles. The maximum absolute atomic E-state index is 12.2. The molecule has 0 spiro atoms. The zero-order valence-corrected chi connectivity index (χ0v) is 18.3. The minimum absolute atomic E-state index is 0.00824. The Balaban J connectivity index is 1.72. The van der Waals surface area contributed by atoms with Crippen molar-refractivity contribution < 1.29 is 14.6 Å². The molecule has 1 aliphatic rings. The monoisotopic (exact) mass is 413 g/mol. The number of aromatic nitrogens is 3.